The topological polar surface area (TPSA) is 61.8 Å². The standard InChI is InChI=1S/C36H50O5/c1-22(21-39-24(3)37)11-14-31-23(2)33-32(41-31)20-30-28-13-12-26-19-27(40-34(38)25-9-7-6-8-10-25)15-17-35(26,4)29(28)16-18-36(30,33)5/h6-10,22,26-30,32-33H,11-21H2,1-5H3. The summed E-state index contributed by atoms with van der Waals surface area (Å²) in [5, 5.41) is 0. The fourth-order valence-corrected chi connectivity index (χ4v) is 10.4. The Morgan fingerprint density at radius 3 is 2.51 bits per heavy atom. The molecule has 5 heteroatoms. The lowest BCUT2D eigenvalue weighted by atomic mass is 9.44. The molecular weight excluding hydrogens is 512 g/mol. The van der Waals surface area contributed by atoms with Crippen molar-refractivity contribution in [1.29, 1.82) is 0 Å². The SMILES string of the molecule is CC(=O)OCC(C)CCC1=C(C)C2C(CC3C4CCC5CC(OC(=O)c6ccccc6)CCC5(C)C4CCC32C)O1. The third-order valence-corrected chi connectivity index (χ3v) is 12.5. The van der Waals surface area contributed by atoms with Crippen molar-refractivity contribution in [3.63, 3.8) is 0 Å². The predicted molar refractivity (Wildman–Crippen MR) is 159 cm³/mol. The third-order valence-electron chi connectivity index (χ3n) is 12.5. The summed E-state index contributed by atoms with van der Waals surface area (Å²) in [5.41, 5.74) is 2.84. The average molecular weight is 563 g/mol. The number of carbonyl (C=O) groups is 2. The maximum atomic E-state index is 12.8. The molecule has 0 N–H and O–H groups in total. The van der Waals surface area contributed by atoms with Gasteiger partial charge in [-0.3, -0.25) is 4.79 Å². The van der Waals surface area contributed by atoms with E-state index in [-0.39, 0.29) is 18.0 Å². The molecule has 10 unspecified atom stereocenters. The lowest BCUT2D eigenvalue weighted by molar-refractivity contribution is -0.142. The average Bonchev–Trinajstić information content (AvgIpc) is 3.44. The quantitative estimate of drug-likeness (QED) is 0.314. The first-order valence-corrected chi connectivity index (χ1v) is 16.4. The highest BCUT2D eigenvalue weighted by molar-refractivity contribution is 5.89. The van der Waals surface area contributed by atoms with Gasteiger partial charge in [0, 0.05) is 19.3 Å². The molecule has 5 aliphatic rings. The zero-order valence-corrected chi connectivity index (χ0v) is 25.8. The zero-order chi connectivity index (χ0) is 28.9. The number of esters is 2. The summed E-state index contributed by atoms with van der Waals surface area (Å²) < 4.78 is 18.0. The summed E-state index contributed by atoms with van der Waals surface area (Å²) in [5.74, 6) is 4.69. The van der Waals surface area contributed by atoms with E-state index in [1.165, 1.54) is 56.8 Å². The molecule has 224 valence electrons. The molecule has 4 fully saturated rings. The van der Waals surface area contributed by atoms with Gasteiger partial charge in [-0.2, -0.15) is 0 Å². The number of carbonyl (C=O) groups excluding carboxylic acids is 2. The minimum Gasteiger partial charge on any atom is -0.494 e. The van der Waals surface area contributed by atoms with Gasteiger partial charge in [-0.25, -0.2) is 4.79 Å². The van der Waals surface area contributed by atoms with Crippen LogP contribution in [0.2, 0.25) is 0 Å². The van der Waals surface area contributed by atoms with E-state index in [0.29, 0.717) is 46.9 Å². The van der Waals surface area contributed by atoms with Crippen LogP contribution in [0.4, 0.5) is 0 Å². The highest BCUT2D eigenvalue weighted by atomic mass is 16.5. The first kappa shape index (κ1) is 28.8. The normalized spacial score (nSPS) is 40.0. The van der Waals surface area contributed by atoms with Gasteiger partial charge < -0.3 is 14.2 Å². The van der Waals surface area contributed by atoms with Gasteiger partial charge in [0.05, 0.1) is 17.9 Å². The Hall–Kier alpha value is -2.30. The molecule has 6 rings (SSSR count). The second-order valence-electron chi connectivity index (χ2n) is 14.8. The molecule has 0 bridgehead atoms. The molecule has 41 heavy (non-hydrogen) atoms. The van der Waals surface area contributed by atoms with Gasteiger partial charge in [0.1, 0.15) is 12.2 Å². The number of ether oxygens (including phenoxy) is 3. The van der Waals surface area contributed by atoms with E-state index in [1.54, 1.807) is 0 Å². The van der Waals surface area contributed by atoms with Gasteiger partial charge in [0.2, 0.25) is 0 Å². The lowest BCUT2D eigenvalue weighted by Crippen LogP contribution is -2.54. The van der Waals surface area contributed by atoms with Crippen molar-refractivity contribution in [2.75, 3.05) is 6.61 Å². The van der Waals surface area contributed by atoms with Crippen molar-refractivity contribution in [1.82, 2.24) is 0 Å². The van der Waals surface area contributed by atoms with E-state index in [4.69, 9.17) is 14.2 Å². The van der Waals surface area contributed by atoms with Crippen LogP contribution in [0.3, 0.4) is 0 Å². The van der Waals surface area contributed by atoms with E-state index in [2.05, 4.69) is 27.7 Å². The molecule has 10 atom stereocenters. The van der Waals surface area contributed by atoms with Crippen LogP contribution in [0.5, 0.6) is 0 Å². The fraction of sp³-hybridized carbons (Fsp3) is 0.722. The fourth-order valence-electron chi connectivity index (χ4n) is 10.4. The van der Waals surface area contributed by atoms with Crippen LogP contribution < -0.4 is 0 Å². The first-order valence-electron chi connectivity index (χ1n) is 16.4. The van der Waals surface area contributed by atoms with E-state index >= 15 is 0 Å². The Morgan fingerprint density at radius 1 is 1.00 bits per heavy atom. The van der Waals surface area contributed by atoms with E-state index in [1.807, 2.05) is 30.3 Å². The van der Waals surface area contributed by atoms with Crippen molar-refractivity contribution in [2.45, 2.75) is 111 Å². The largest absolute Gasteiger partial charge is 0.494 e. The maximum Gasteiger partial charge on any atom is 0.338 e. The van der Waals surface area contributed by atoms with Gasteiger partial charge in [-0.15, -0.1) is 0 Å². The molecule has 4 aliphatic carbocycles. The molecule has 1 aromatic rings. The Balaban J connectivity index is 1.10. The van der Waals surface area contributed by atoms with Crippen LogP contribution in [-0.4, -0.2) is 30.8 Å². The van der Waals surface area contributed by atoms with Crippen LogP contribution in [0.1, 0.15) is 109 Å². The second-order valence-corrected chi connectivity index (χ2v) is 14.8. The second kappa shape index (κ2) is 11.1. The Kier molecular flexibility index (Phi) is 7.78. The molecule has 0 saturated heterocycles. The maximum absolute atomic E-state index is 12.8. The van der Waals surface area contributed by atoms with Crippen molar-refractivity contribution in [3.8, 4) is 0 Å². The zero-order valence-electron chi connectivity index (χ0n) is 25.8. The summed E-state index contributed by atoms with van der Waals surface area (Å²) >= 11 is 0. The van der Waals surface area contributed by atoms with Crippen LogP contribution in [-0.2, 0) is 19.0 Å². The molecule has 1 heterocycles. The van der Waals surface area contributed by atoms with Crippen LogP contribution in [0, 0.1) is 46.3 Å². The molecule has 0 spiro atoms. The Bertz CT molecular complexity index is 1170. The Morgan fingerprint density at radius 2 is 1.76 bits per heavy atom. The van der Waals surface area contributed by atoms with Crippen molar-refractivity contribution in [3.05, 3.63) is 47.2 Å². The molecule has 1 aromatic carbocycles. The van der Waals surface area contributed by atoms with Crippen LogP contribution in [0.15, 0.2) is 41.7 Å². The smallest absolute Gasteiger partial charge is 0.338 e. The molecule has 0 amide bonds. The van der Waals surface area contributed by atoms with Crippen molar-refractivity contribution >= 4 is 11.9 Å². The number of rotatable bonds is 7. The number of hydrogen-bond acceptors (Lipinski definition) is 5. The third kappa shape index (κ3) is 5.14. The monoisotopic (exact) mass is 562 g/mol. The number of hydrogen-bond donors (Lipinski definition) is 0. The molecule has 0 radical (unpaired) electrons. The Labute approximate surface area is 246 Å². The minimum atomic E-state index is -0.198. The molecule has 4 saturated carbocycles. The summed E-state index contributed by atoms with van der Waals surface area (Å²) in [4.78, 5) is 23.9. The summed E-state index contributed by atoms with van der Waals surface area (Å²) in [7, 11) is 0. The number of benzene rings is 1. The van der Waals surface area contributed by atoms with E-state index < -0.39 is 0 Å². The predicted octanol–water partition coefficient (Wildman–Crippen LogP) is 8.13. The van der Waals surface area contributed by atoms with Crippen LogP contribution in [0.25, 0.3) is 0 Å². The van der Waals surface area contributed by atoms with Crippen molar-refractivity contribution < 1.29 is 23.8 Å². The summed E-state index contributed by atoms with van der Waals surface area (Å²) in [6.45, 7) is 11.6. The first-order chi connectivity index (χ1) is 19.6. The van der Waals surface area contributed by atoms with Crippen molar-refractivity contribution in [2.24, 2.45) is 46.3 Å². The van der Waals surface area contributed by atoms with Gasteiger partial charge in [-0.1, -0.05) is 39.0 Å². The molecular formula is C36H50O5. The number of allylic oxidation sites excluding steroid dienone is 1. The summed E-state index contributed by atoms with van der Waals surface area (Å²) in [6, 6.07) is 9.45. The minimum absolute atomic E-state index is 0.0494. The van der Waals surface area contributed by atoms with E-state index in [0.717, 1.165) is 43.4 Å². The van der Waals surface area contributed by atoms with Gasteiger partial charge in [0.25, 0.3) is 0 Å². The van der Waals surface area contributed by atoms with E-state index in [9.17, 15) is 9.59 Å². The van der Waals surface area contributed by atoms with Crippen LogP contribution >= 0.6 is 0 Å². The highest BCUT2D eigenvalue weighted by Crippen LogP contribution is 2.69. The number of fused-ring (bicyclic) bond motifs is 7. The van der Waals surface area contributed by atoms with Gasteiger partial charge >= 0.3 is 11.9 Å². The lowest BCUT2D eigenvalue weighted by Gasteiger charge is -2.61. The highest BCUT2D eigenvalue weighted by Gasteiger charge is 2.64. The van der Waals surface area contributed by atoms with Gasteiger partial charge in [0.15, 0.2) is 0 Å². The summed E-state index contributed by atoms with van der Waals surface area (Å²) in [6.07, 6.45) is 11.9. The van der Waals surface area contributed by atoms with Gasteiger partial charge in [-0.05, 0) is 123 Å². The molecule has 1 aliphatic heterocycles. The molecule has 0 aromatic heterocycles. The molecule has 5 nitrogen and oxygen atoms in total.